The Morgan fingerprint density at radius 1 is 1.04 bits per heavy atom. The number of ether oxygens (including phenoxy) is 1. The summed E-state index contributed by atoms with van der Waals surface area (Å²) in [4.78, 5) is 30.6. The van der Waals surface area contributed by atoms with E-state index in [0.717, 1.165) is 12.2 Å². The zero-order chi connectivity index (χ0) is 19.7. The van der Waals surface area contributed by atoms with Gasteiger partial charge in [0, 0.05) is 48.5 Å². The Balaban J connectivity index is 1.29. The number of thiophene rings is 1. The second-order valence-electron chi connectivity index (χ2n) is 7.77. The van der Waals surface area contributed by atoms with Gasteiger partial charge in [0.15, 0.2) is 0 Å². The highest BCUT2D eigenvalue weighted by Gasteiger charge is 2.46. The van der Waals surface area contributed by atoms with Crippen molar-refractivity contribution in [3.63, 3.8) is 0 Å². The Morgan fingerprint density at radius 3 is 2.32 bits per heavy atom. The molecule has 0 spiro atoms. The monoisotopic (exact) mass is 398 g/mol. The van der Waals surface area contributed by atoms with Crippen LogP contribution in [-0.2, 0) is 4.79 Å². The quantitative estimate of drug-likeness (QED) is 0.773. The molecule has 2 heterocycles. The summed E-state index contributed by atoms with van der Waals surface area (Å²) in [5.74, 6) is 1.58. The molecule has 1 aromatic heterocycles. The fourth-order valence-electron chi connectivity index (χ4n) is 3.78. The van der Waals surface area contributed by atoms with Gasteiger partial charge in [-0.15, -0.1) is 11.3 Å². The van der Waals surface area contributed by atoms with E-state index in [0.29, 0.717) is 37.7 Å². The largest absolute Gasteiger partial charge is 0.491 e. The number of piperazine rings is 1. The van der Waals surface area contributed by atoms with Crippen molar-refractivity contribution in [3.05, 3.63) is 52.2 Å². The predicted molar refractivity (Wildman–Crippen MR) is 110 cm³/mol. The Kier molecular flexibility index (Phi) is 5.40. The second kappa shape index (κ2) is 7.95. The Labute approximate surface area is 169 Å². The lowest BCUT2D eigenvalue weighted by atomic mass is 10.1. The van der Waals surface area contributed by atoms with Gasteiger partial charge in [-0.1, -0.05) is 6.07 Å². The highest BCUT2D eigenvalue weighted by atomic mass is 32.1. The zero-order valence-corrected chi connectivity index (χ0v) is 17.2. The van der Waals surface area contributed by atoms with Crippen molar-refractivity contribution in [1.82, 2.24) is 9.80 Å². The summed E-state index contributed by atoms with van der Waals surface area (Å²) in [6.07, 6.45) is 1.07. The molecule has 5 nitrogen and oxygen atoms in total. The van der Waals surface area contributed by atoms with Crippen LogP contribution in [0.3, 0.4) is 0 Å². The summed E-state index contributed by atoms with van der Waals surface area (Å²) < 4.78 is 5.63. The van der Waals surface area contributed by atoms with Gasteiger partial charge in [0.25, 0.3) is 5.91 Å². The Bertz CT molecular complexity index is 824. The molecule has 1 aliphatic heterocycles. The number of nitrogens with zero attached hydrogens (tertiary/aromatic N) is 2. The third-order valence-electron chi connectivity index (χ3n) is 5.37. The highest BCUT2D eigenvalue weighted by molar-refractivity contribution is 7.10. The van der Waals surface area contributed by atoms with Crippen molar-refractivity contribution in [1.29, 1.82) is 0 Å². The Hall–Kier alpha value is -2.34. The van der Waals surface area contributed by atoms with Crippen LogP contribution in [0.1, 0.15) is 41.4 Å². The topological polar surface area (TPSA) is 49.9 Å². The van der Waals surface area contributed by atoms with E-state index in [2.05, 4.69) is 11.4 Å². The molecule has 1 aromatic carbocycles. The van der Waals surface area contributed by atoms with Crippen LogP contribution in [-0.4, -0.2) is 53.9 Å². The van der Waals surface area contributed by atoms with E-state index in [9.17, 15) is 9.59 Å². The molecule has 1 saturated heterocycles. The van der Waals surface area contributed by atoms with Gasteiger partial charge in [0.05, 0.1) is 6.10 Å². The molecule has 0 radical (unpaired) electrons. The molecule has 6 heteroatoms. The van der Waals surface area contributed by atoms with Crippen molar-refractivity contribution < 1.29 is 14.3 Å². The molecule has 2 aliphatic rings. The van der Waals surface area contributed by atoms with Crippen LogP contribution in [0.2, 0.25) is 0 Å². The number of carbonyl (C=O) groups is 2. The summed E-state index contributed by atoms with van der Waals surface area (Å²) in [5, 5.41) is 2.07. The first-order valence-electron chi connectivity index (χ1n) is 9.91. The number of rotatable bonds is 5. The van der Waals surface area contributed by atoms with Crippen molar-refractivity contribution >= 4 is 23.2 Å². The van der Waals surface area contributed by atoms with Gasteiger partial charge >= 0.3 is 0 Å². The van der Waals surface area contributed by atoms with Gasteiger partial charge in [0.1, 0.15) is 5.75 Å². The number of hydrogen-bond acceptors (Lipinski definition) is 4. The molecule has 0 N–H and O–H groups in total. The van der Waals surface area contributed by atoms with Crippen LogP contribution in [0, 0.1) is 5.92 Å². The Morgan fingerprint density at radius 2 is 1.71 bits per heavy atom. The molecule has 148 valence electrons. The lowest BCUT2D eigenvalue weighted by molar-refractivity contribution is -0.134. The SMILES string of the molecule is CC(C)Oc1ccc(C(=O)N2CCN(C(=O)C3CC3c3cccs3)CC2)cc1. The van der Waals surface area contributed by atoms with Crippen molar-refractivity contribution in [2.45, 2.75) is 32.3 Å². The number of amides is 2. The molecule has 2 unspecified atom stereocenters. The maximum absolute atomic E-state index is 12.8. The minimum atomic E-state index is 0.0195. The van der Waals surface area contributed by atoms with Gasteiger partial charge in [-0.3, -0.25) is 9.59 Å². The van der Waals surface area contributed by atoms with Crippen molar-refractivity contribution in [2.24, 2.45) is 5.92 Å². The number of carbonyl (C=O) groups excluding carboxylic acids is 2. The van der Waals surface area contributed by atoms with E-state index < -0.39 is 0 Å². The van der Waals surface area contributed by atoms with E-state index in [1.54, 1.807) is 11.3 Å². The minimum absolute atomic E-state index is 0.0195. The molecule has 1 saturated carbocycles. The fraction of sp³-hybridized carbons (Fsp3) is 0.455. The number of benzene rings is 1. The average Bonchev–Trinajstić information content (AvgIpc) is 3.31. The normalized spacial score (nSPS) is 21.7. The molecular formula is C22H26N2O3S. The second-order valence-corrected chi connectivity index (χ2v) is 8.75. The zero-order valence-electron chi connectivity index (χ0n) is 16.3. The first-order valence-corrected chi connectivity index (χ1v) is 10.8. The summed E-state index contributed by atoms with van der Waals surface area (Å²) >= 11 is 1.73. The van der Waals surface area contributed by atoms with Crippen LogP contribution in [0.15, 0.2) is 41.8 Å². The van der Waals surface area contributed by atoms with E-state index in [1.807, 2.05) is 54.0 Å². The molecule has 4 rings (SSSR count). The number of hydrogen-bond donors (Lipinski definition) is 0. The lowest BCUT2D eigenvalue weighted by Crippen LogP contribution is -2.51. The molecule has 0 bridgehead atoms. The molecule has 2 aromatic rings. The first kappa shape index (κ1) is 19.0. The molecule has 1 aliphatic carbocycles. The fourth-order valence-corrected chi connectivity index (χ4v) is 4.69. The molecular weight excluding hydrogens is 372 g/mol. The average molecular weight is 399 g/mol. The van der Waals surface area contributed by atoms with E-state index in [1.165, 1.54) is 4.88 Å². The van der Waals surface area contributed by atoms with Crippen LogP contribution >= 0.6 is 11.3 Å². The van der Waals surface area contributed by atoms with E-state index >= 15 is 0 Å². The summed E-state index contributed by atoms with van der Waals surface area (Å²) in [5.41, 5.74) is 0.663. The van der Waals surface area contributed by atoms with Crippen molar-refractivity contribution in [3.8, 4) is 5.75 Å². The maximum atomic E-state index is 12.8. The first-order chi connectivity index (χ1) is 13.5. The van der Waals surface area contributed by atoms with Crippen LogP contribution in [0.25, 0.3) is 0 Å². The summed E-state index contributed by atoms with van der Waals surface area (Å²) in [7, 11) is 0. The van der Waals surface area contributed by atoms with Crippen LogP contribution in [0.4, 0.5) is 0 Å². The van der Waals surface area contributed by atoms with Gasteiger partial charge < -0.3 is 14.5 Å². The molecule has 2 amide bonds. The van der Waals surface area contributed by atoms with Crippen molar-refractivity contribution in [2.75, 3.05) is 26.2 Å². The van der Waals surface area contributed by atoms with Gasteiger partial charge in [-0.05, 0) is 56.0 Å². The summed E-state index contributed by atoms with van der Waals surface area (Å²) in [6, 6.07) is 11.5. The summed E-state index contributed by atoms with van der Waals surface area (Å²) in [6.45, 7) is 6.37. The maximum Gasteiger partial charge on any atom is 0.253 e. The predicted octanol–water partition coefficient (Wildman–Crippen LogP) is 3.62. The van der Waals surface area contributed by atoms with E-state index in [-0.39, 0.29) is 23.8 Å². The third kappa shape index (κ3) is 4.07. The van der Waals surface area contributed by atoms with Gasteiger partial charge in [-0.2, -0.15) is 0 Å². The molecule has 2 fully saturated rings. The van der Waals surface area contributed by atoms with Crippen LogP contribution < -0.4 is 4.74 Å². The minimum Gasteiger partial charge on any atom is -0.491 e. The highest BCUT2D eigenvalue weighted by Crippen LogP contribution is 2.50. The van der Waals surface area contributed by atoms with Gasteiger partial charge in [-0.25, -0.2) is 0 Å². The molecule has 28 heavy (non-hydrogen) atoms. The lowest BCUT2D eigenvalue weighted by Gasteiger charge is -2.35. The third-order valence-corrected chi connectivity index (χ3v) is 6.37. The van der Waals surface area contributed by atoms with E-state index in [4.69, 9.17) is 4.74 Å². The van der Waals surface area contributed by atoms with Crippen LogP contribution in [0.5, 0.6) is 5.75 Å². The smallest absolute Gasteiger partial charge is 0.253 e. The molecule has 2 atom stereocenters. The van der Waals surface area contributed by atoms with Gasteiger partial charge in [0.2, 0.25) is 5.91 Å². The standard InChI is InChI=1S/C22H26N2O3S/c1-15(2)27-17-7-5-16(6-8-17)21(25)23-9-11-24(12-10-23)22(26)19-14-18(19)20-4-3-13-28-20/h3-8,13,15,18-19H,9-12,14H2,1-2H3.